The molecule has 4 atom stereocenters. The van der Waals surface area contributed by atoms with E-state index in [9.17, 15) is 39.0 Å². The number of aromatic nitrogens is 1. The molecule has 2 rings (SSSR count). The molecule has 212 valence electrons. The Hall–Kier alpha value is -4.46. The van der Waals surface area contributed by atoms with Crippen molar-refractivity contribution in [3.8, 4) is 0 Å². The van der Waals surface area contributed by atoms with Gasteiger partial charge in [-0.15, -0.1) is 0 Å². The standard InChI is InChI=1S/C25H34N6O8/c1-12(2)21(25(38)39)31-24(37)18(10-20(33)34)30-23(36)17(29-22(35)15(26)7-8-19(27)32)9-13-11-28-16-6-4-3-5-14(13)16/h3-6,11-12,15,17-18,21,28H,7-10,26H2,1-2H3,(H2,27,32)(H,29,35)(H,30,36)(H,31,37)(H,33,34)(H,38,39). The molecule has 0 saturated heterocycles. The van der Waals surface area contributed by atoms with Crippen LogP contribution < -0.4 is 27.4 Å². The van der Waals surface area contributed by atoms with Gasteiger partial charge in [0.25, 0.3) is 0 Å². The number of benzene rings is 1. The Kier molecular flexibility index (Phi) is 11.0. The summed E-state index contributed by atoms with van der Waals surface area (Å²) in [7, 11) is 0. The lowest BCUT2D eigenvalue weighted by molar-refractivity contribution is -0.144. The largest absolute Gasteiger partial charge is 0.481 e. The number of H-pyrrole nitrogens is 1. The molecule has 0 saturated carbocycles. The van der Waals surface area contributed by atoms with Crippen molar-refractivity contribution in [2.75, 3.05) is 0 Å². The van der Waals surface area contributed by atoms with Gasteiger partial charge in [0.05, 0.1) is 12.5 Å². The fourth-order valence-electron chi connectivity index (χ4n) is 3.86. The van der Waals surface area contributed by atoms with Crippen molar-refractivity contribution in [3.63, 3.8) is 0 Å². The fraction of sp³-hybridized carbons (Fsp3) is 0.440. The first kappa shape index (κ1) is 30.8. The van der Waals surface area contributed by atoms with E-state index in [1.807, 2.05) is 12.1 Å². The number of carbonyl (C=O) groups is 6. The molecule has 0 aliphatic rings. The summed E-state index contributed by atoms with van der Waals surface area (Å²) in [6.07, 6.45) is 0.516. The van der Waals surface area contributed by atoms with Crippen LogP contribution >= 0.6 is 0 Å². The van der Waals surface area contributed by atoms with Crippen molar-refractivity contribution < 1.29 is 39.0 Å². The van der Waals surface area contributed by atoms with Crippen LogP contribution in [-0.2, 0) is 35.2 Å². The highest BCUT2D eigenvalue weighted by Gasteiger charge is 2.33. The smallest absolute Gasteiger partial charge is 0.326 e. The third-order valence-corrected chi connectivity index (χ3v) is 6.01. The second-order valence-corrected chi connectivity index (χ2v) is 9.46. The SMILES string of the molecule is CC(C)C(NC(=O)C(CC(=O)O)NC(=O)C(Cc1c[nH]c2ccccc12)NC(=O)C(N)CCC(N)=O)C(=O)O. The number of nitrogens with two attached hydrogens (primary N) is 2. The molecule has 0 aliphatic heterocycles. The molecule has 14 nitrogen and oxygen atoms in total. The summed E-state index contributed by atoms with van der Waals surface area (Å²) < 4.78 is 0. The number of nitrogens with one attached hydrogen (secondary N) is 4. The predicted molar refractivity (Wildman–Crippen MR) is 139 cm³/mol. The van der Waals surface area contributed by atoms with Gasteiger partial charge >= 0.3 is 11.9 Å². The molecular formula is C25H34N6O8. The average molecular weight is 547 g/mol. The Bertz CT molecular complexity index is 1230. The number of fused-ring (bicyclic) bond motifs is 1. The van der Waals surface area contributed by atoms with Crippen molar-refractivity contribution in [1.29, 1.82) is 0 Å². The molecule has 1 aromatic heterocycles. The van der Waals surface area contributed by atoms with Gasteiger partial charge < -0.3 is 42.6 Å². The van der Waals surface area contributed by atoms with Crippen LogP contribution in [0.15, 0.2) is 30.5 Å². The molecular weight excluding hydrogens is 512 g/mol. The molecule has 0 radical (unpaired) electrons. The van der Waals surface area contributed by atoms with Crippen LogP contribution in [0.25, 0.3) is 10.9 Å². The molecule has 0 spiro atoms. The van der Waals surface area contributed by atoms with Crippen molar-refractivity contribution in [1.82, 2.24) is 20.9 Å². The Labute approximate surface area is 223 Å². The van der Waals surface area contributed by atoms with E-state index in [0.29, 0.717) is 5.56 Å². The van der Waals surface area contributed by atoms with E-state index in [1.54, 1.807) is 32.2 Å². The lowest BCUT2D eigenvalue weighted by Gasteiger charge is -2.25. The number of aromatic amines is 1. The molecule has 1 aromatic carbocycles. The first-order valence-corrected chi connectivity index (χ1v) is 12.2. The number of aliphatic carboxylic acids is 2. The Balaban J connectivity index is 2.31. The number of primary amides is 1. The van der Waals surface area contributed by atoms with Crippen LogP contribution in [0, 0.1) is 5.92 Å². The summed E-state index contributed by atoms with van der Waals surface area (Å²) >= 11 is 0. The zero-order valence-electron chi connectivity index (χ0n) is 21.6. The molecule has 1 heterocycles. The number of carboxylic acid groups (broad SMARTS) is 2. The van der Waals surface area contributed by atoms with Gasteiger partial charge in [-0.3, -0.25) is 24.0 Å². The van der Waals surface area contributed by atoms with E-state index in [-0.39, 0.29) is 19.3 Å². The third-order valence-electron chi connectivity index (χ3n) is 6.01. The van der Waals surface area contributed by atoms with Crippen molar-refractivity contribution >= 4 is 46.5 Å². The van der Waals surface area contributed by atoms with E-state index in [4.69, 9.17) is 11.5 Å². The molecule has 0 fully saturated rings. The molecule has 39 heavy (non-hydrogen) atoms. The number of hydrogen-bond donors (Lipinski definition) is 8. The van der Waals surface area contributed by atoms with E-state index in [1.165, 1.54) is 0 Å². The first-order valence-electron chi connectivity index (χ1n) is 12.2. The average Bonchev–Trinajstić information content (AvgIpc) is 3.26. The van der Waals surface area contributed by atoms with Crippen molar-refractivity contribution in [3.05, 3.63) is 36.0 Å². The monoisotopic (exact) mass is 546 g/mol. The van der Waals surface area contributed by atoms with Gasteiger partial charge in [-0.1, -0.05) is 32.0 Å². The van der Waals surface area contributed by atoms with Gasteiger partial charge in [0, 0.05) is 29.9 Å². The lowest BCUT2D eigenvalue weighted by atomic mass is 10.0. The molecule has 2 aromatic rings. The number of amides is 4. The highest BCUT2D eigenvalue weighted by Crippen LogP contribution is 2.19. The van der Waals surface area contributed by atoms with Crippen molar-refractivity contribution in [2.24, 2.45) is 17.4 Å². The van der Waals surface area contributed by atoms with Crippen LogP contribution in [0.4, 0.5) is 0 Å². The summed E-state index contributed by atoms with van der Waals surface area (Å²) in [5.41, 5.74) is 12.4. The Morgan fingerprint density at radius 2 is 1.54 bits per heavy atom. The van der Waals surface area contributed by atoms with E-state index in [0.717, 1.165) is 10.9 Å². The van der Waals surface area contributed by atoms with Gasteiger partial charge in [-0.2, -0.15) is 0 Å². The van der Waals surface area contributed by atoms with Gasteiger partial charge in [0.15, 0.2) is 0 Å². The summed E-state index contributed by atoms with van der Waals surface area (Å²) in [5, 5.41) is 26.5. The van der Waals surface area contributed by atoms with Crippen LogP contribution in [0.5, 0.6) is 0 Å². The maximum absolute atomic E-state index is 13.3. The third kappa shape index (κ3) is 9.10. The van der Waals surface area contributed by atoms with Gasteiger partial charge in [0.1, 0.15) is 18.1 Å². The van der Waals surface area contributed by atoms with Crippen LogP contribution in [0.3, 0.4) is 0 Å². The lowest BCUT2D eigenvalue weighted by Crippen LogP contribution is -2.58. The minimum absolute atomic E-state index is 0.0602. The number of hydrogen-bond acceptors (Lipinski definition) is 7. The Morgan fingerprint density at radius 3 is 2.13 bits per heavy atom. The summed E-state index contributed by atoms with van der Waals surface area (Å²) in [6, 6.07) is 1.77. The number of rotatable bonds is 15. The summed E-state index contributed by atoms with van der Waals surface area (Å²) in [4.78, 5) is 76.0. The first-order chi connectivity index (χ1) is 18.3. The topological polar surface area (TPSA) is 247 Å². The number of para-hydroxylation sites is 1. The number of carboxylic acids is 2. The normalized spacial score (nSPS) is 14.2. The van der Waals surface area contributed by atoms with Crippen molar-refractivity contribution in [2.45, 2.75) is 63.7 Å². The van der Waals surface area contributed by atoms with Crippen LogP contribution in [0.2, 0.25) is 0 Å². The second-order valence-electron chi connectivity index (χ2n) is 9.46. The minimum Gasteiger partial charge on any atom is -0.481 e. The molecule has 4 amide bonds. The molecule has 0 bridgehead atoms. The van der Waals surface area contributed by atoms with E-state index in [2.05, 4.69) is 20.9 Å². The van der Waals surface area contributed by atoms with Gasteiger partial charge in [-0.05, 0) is 24.0 Å². The molecule has 4 unspecified atom stereocenters. The molecule has 0 aliphatic carbocycles. The zero-order valence-corrected chi connectivity index (χ0v) is 21.6. The van der Waals surface area contributed by atoms with Crippen LogP contribution in [0.1, 0.15) is 38.7 Å². The molecule has 10 N–H and O–H groups in total. The molecule has 14 heteroatoms. The second kappa shape index (κ2) is 13.9. The summed E-state index contributed by atoms with van der Waals surface area (Å²) in [6.45, 7) is 3.11. The number of carbonyl (C=O) groups excluding carboxylic acids is 4. The van der Waals surface area contributed by atoms with Crippen LogP contribution in [-0.4, -0.2) is 74.9 Å². The van der Waals surface area contributed by atoms with E-state index >= 15 is 0 Å². The predicted octanol–water partition coefficient (Wildman–Crippen LogP) is -1.03. The maximum atomic E-state index is 13.3. The maximum Gasteiger partial charge on any atom is 0.326 e. The van der Waals surface area contributed by atoms with Gasteiger partial charge in [-0.25, -0.2) is 4.79 Å². The quantitative estimate of drug-likeness (QED) is 0.136. The summed E-state index contributed by atoms with van der Waals surface area (Å²) in [5.74, 6) is -6.60. The Morgan fingerprint density at radius 1 is 0.923 bits per heavy atom. The fourth-order valence-corrected chi connectivity index (χ4v) is 3.86. The zero-order chi connectivity index (χ0) is 29.3. The van der Waals surface area contributed by atoms with Gasteiger partial charge in [0.2, 0.25) is 23.6 Å². The highest BCUT2D eigenvalue weighted by atomic mass is 16.4. The van der Waals surface area contributed by atoms with E-state index < -0.39 is 72.1 Å². The minimum atomic E-state index is -1.64. The highest BCUT2D eigenvalue weighted by molar-refractivity contribution is 5.96.